The second-order valence-electron chi connectivity index (χ2n) is 3.64. The first-order chi connectivity index (χ1) is 9.66. The lowest BCUT2D eigenvalue weighted by Crippen LogP contribution is -2.27. The average Bonchev–Trinajstić information content (AvgIpc) is 2.36. The average molecular weight is 344 g/mol. The zero-order valence-electron chi connectivity index (χ0n) is 10.6. The molecule has 0 aliphatic rings. The highest BCUT2D eigenvalue weighted by atomic mass is 35.5. The van der Waals surface area contributed by atoms with Crippen molar-refractivity contribution in [3.63, 3.8) is 0 Å². The van der Waals surface area contributed by atoms with E-state index in [2.05, 4.69) is 15.3 Å². The molecule has 1 aromatic carbocycles. The normalized spacial score (nSPS) is 12.2. The Balaban J connectivity index is 3.01. The number of rotatable bonds is 3. The molecule has 0 aliphatic heterocycles. The van der Waals surface area contributed by atoms with Gasteiger partial charge in [0.2, 0.25) is 5.84 Å². The Morgan fingerprint density at radius 1 is 1.38 bits per heavy atom. The van der Waals surface area contributed by atoms with Crippen LogP contribution < -0.4 is 11.2 Å². The zero-order chi connectivity index (χ0) is 16.2. The van der Waals surface area contributed by atoms with Crippen molar-refractivity contribution < 1.29 is 22.7 Å². The number of ether oxygens (including phenoxy) is 1. The van der Waals surface area contributed by atoms with Crippen LogP contribution in [-0.2, 0) is 15.7 Å². The predicted octanol–water partition coefficient (Wildman–Crippen LogP) is 3.26. The maximum absolute atomic E-state index is 12.5. The van der Waals surface area contributed by atoms with Crippen molar-refractivity contribution in [1.29, 1.82) is 0 Å². The predicted molar refractivity (Wildman–Crippen MR) is 73.3 cm³/mol. The smallest absolute Gasteiger partial charge is 0.416 e. The maximum atomic E-state index is 12.5. The number of nitrogens with one attached hydrogen (secondary N) is 1. The summed E-state index contributed by atoms with van der Waals surface area (Å²) in [7, 11) is 0. The Morgan fingerprint density at radius 3 is 2.33 bits per heavy atom. The molecule has 0 unspecified atom stereocenters. The monoisotopic (exact) mass is 343 g/mol. The summed E-state index contributed by atoms with van der Waals surface area (Å²) in [6.45, 7) is 1.67. The summed E-state index contributed by atoms with van der Waals surface area (Å²) >= 11 is 11.4. The lowest BCUT2D eigenvalue weighted by molar-refractivity contribution is -0.137. The molecule has 0 saturated carbocycles. The Hall–Kier alpha value is -1.67. The van der Waals surface area contributed by atoms with Crippen LogP contribution in [0.3, 0.4) is 0 Å². The van der Waals surface area contributed by atoms with Gasteiger partial charge in [-0.05, 0) is 19.1 Å². The highest BCUT2D eigenvalue weighted by molar-refractivity contribution is 6.39. The van der Waals surface area contributed by atoms with E-state index in [0.717, 1.165) is 0 Å². The van der Waals surface area contributed by atoms with Crippen LogP contribution in [0, 0.1) is 0 Å². The molecule has 0 fully saturated rings. The van der Waals surface area contributed by atoms with Gasteiger partial charge in [0.1, 0.15) is 0 Å². The van der Waals surface area contributed by atoms with Crippen molar-refractivity contribution in [3.8, 4) is 0 Å². The Morgan fingerprint density at radius 2 is 1.90 bits per heavy atom. The topological polar surface area (TPSA) is 76.7 Å². The van der Waals surface area contributed by atoms with Gasteiger partial charge < -0.3 is 10.5 Å². The molecule has 0 aromatic heterocycles. The number of carbonyl (C=O) groups is 1. The molecule has 0 radical (unpaired) electrons. The van der Waals surface area contributed by atoms with Gasteiger partial charge in [-0.3, -0.25) is 5.43 Å². The molecule has 10 heteroatoms. The van der Waals surface area contributed by atoms with Crippen LogP contribution in [0.15, 0.2) is 17.2 Å². The third-order valence-electron chi connectivity index (χ3n) is 2.14. The summed E-state index contributed by atoms with van der Waals surface area (Å²) in [6.07, 6.45) is -4.58. The standard InChI is InChI=1S/C11H10Cl2F3N3O2/c1-2-21-10(20)9(17)19-18-8-6(12)3-5(4-7(8)13)11(14,15)16/h3-4,18H,2H2,1H3,(H2,17,19). The lowest BCUT2D eigenvalue weighted by atomic mass is 10.2. The third kappa shape index (κ3) is 4.68. The third-order valence-corrected chi connectivity index (χ3v) is 2.74. The van der Waals surface area contributed by atoms with Crippen LogP contribution in [0.2, 0.25) is 10.0 Å². The number of carbonyl (C=O) groups excluding carboxylic acids is 1. The lowest BCUT2D eigenvalue weighted by Gasteiger charge is -2.12. The van der Waals surface area contributed by atoms with Crippen LogP contribution in [-0.4, -0.2) is 18.4 Å². The first kappa shape index (κ1) is 17.4. The number of benzene rings is 1. The first-order valence-electron chi connectivity index (χ1n) is 5.49. The van der Waals surface area contributed by atoms with Gasteiger partial charge in [0.25, 0.3) is 0 Å². The minimum atomic E-state index is -4.58. The van der Waals surface area contributed by atoms with Gasteiger partial charge in [-0.1, -0.05) is 23.2 Å². The quantitative estimate of drug-likeness (QED) is 0.382. The van der Waals surface area contributed by atoms with Crippen molar-refractivity contribution in [1.82, 2.24) is 0 Å². The fourth-order valence-corrected chi connectivity index (χ4v) is 1.78. The van der Waals surface area contributed by atoms with Gasteiger partial charge in [0.05, 0.1) is 27.9 Å². The fraction of sp³-hybridized carbons (Fsp3) is 0.273. The van der Waals surface area contributed by atoms with Crippen LogP contribution in [0.5, 0.6) is 0 Å². The van der Waals surface area contributed by atoms with Gasteiger partial charge in [0.15, 0.2) is 0 Å². The van der Waals surface area contributed by atoms with Crippen LogP contribution >= 0.6 is 23.2 Å². The van der Waals surface area contributed by atoms with E-state index in [9.17, 15) is 18.0 Å². The number of alkyl halides is 3. The van der Waals surface area contributed by atoms with Gasteiger partial charge in [-0.15, -0.1) is 5.10 Å². The number of anilines is 1. The van der Waals surface area contributed by atoms with E-state index < -0.39 is 23.5 Å². The fourth-order valence-electron chi connectivity index (χ4n) is 1.21. The molecule has 0 heterocycles. The minimum absolute atomic E-state index is 0.0941. The van der Waals surface area contributed by atoms with E-state index in [0.29, 0.717) is 12.1 Å². The molecule has 5 nitrogen and oxygen atoms in total. The molecular formula is C11H10Cl2F3N3O2. The maximum Gasteiger partial charge on any atom is 0.416 e. The van der Waals surface area contributed by atoms with E-state index in [-0.39, 0.29) is 22.3 Å². The van der Waals surface area contributed by atoms with Crippen LogP contribution in [0.1, 0.15) is 12.5 Å². The second kappa shape index (κ2) is 6.86. The minimum Gasteiger partial charge on any atom is -0.460 e. The molecule has 116 valence electrons. The zero-order valence-corrected chi connectivity index (χ0v) is 12.1. The van der Waals surface area contributed by atoms with E-state index >= 15 is 0 Å². The molecule has 0 bridgehead atoms. The number of hydrogen-bond acceptors (Lipinski definition) is 4. The Bertz CT molecular complexity index is 553. The summed E-state index contributed by atoms with van der Waals surface area (Å²) in [5, 5.41) is 2.80. The molecule has 3 N–H and O–H groups in total. The van der Waals surface area contributed by atoms with Gasteiger partial charge in [-0.2, -0.15) is 13.2 Å². The number of esters is 1. The van der Waals surface area contributed by atoms with Crippen molar-refractivity contribution in [2.24, 2.45) is 10.8 Å². The number of hydrazone groups is 1. The molecule has 0 saturated heterocycles. The Labute approximate surface area is 127 Å². The summed E-state index contributed by atoms with van der Waals surface area (Å²) in [6, 6.07) is 1.34. The van der Waals surface area contributed by atoms with Crippen LogP contribution in [0.25, 0.3) is 0 Å². The van der Waals surface area contributed by atoms with Gasteiger partial charge in [0, 0.05) is 0 Å². The number of hydrogen-bond donors (Lipinski definition) is 2. The molecule has 0 atom stereocenters. The highest BCUT2D eigenvalue weighted by Gasteiger charge is 2.32. The summed E-state index contributed by atoms with van der Waals surface area (Å²) in [5.74, 6) is -1.41. The van der Waals surface area contributed by atoms with E-state index in [1.54, 1.807) is 6.92 Å². The molecule has 1 aromatic rings. The molecule has 21 heavy (non-hydrogen) atoms. The number of halogens is 5. The molecule has 1 rings (SSSR count). The van der Waals surface area contributed by atoms with Crippen molar-refractivity contribution in [2.45, 2.75) is 13.1 Å². The summed E-state index contributed by atoms with van der Waals surface area (Å²) in [5.41, 5.74) is 6.41. The molecule has 0 spiro atoms. The van der Waals surface area contributed by atoms with Gasteiger partial charge >= 0.3 is 12.1 Å². The SMILES string of the molecule is CCOC(=O)C(N)=NNc1c(Cl)cc(C(F)(F)F)cc1Cl. The van der Waals surface area contributed by atoms with Crippen molar-refractivity contribution in [2.75, 3.05) is 12.0 Å². The molecule has 0 aliphatic carbocycles. The highest BCUT2D eigenvalue weighted by Crippen LogP contribution is 2.38. The number of amidine groups is 1. The van der Waals surface area contributed by atoms with E-state index in [1.807, 2.05) is 0 Å². The van der Waals surface area contributed by atoms with E-state index in [4.69, 9.17) is 28.9 Å². The number of nitrogens with zero attached hydrogens (tertiary/aromatic N) is 1. The van der Waals surface area contributed by atoms with Crippen molar-refractivity contribution >= 4 is 40.7 Å². The molecular weight excluding hydrogens is 334 g/mol. The first-order valence-corrected chi connectivity index (χ1v) is 6.25. The second-order valence-corrected chi connectivity index (χ2v) is 4.46. The van der Waals surface area contributed by atoms with Crippen molar-refractivity contribution in [3.05, 3.63) is 27.7 Å². The summed E-state index contributed by atoms with van der Waals surface area (Å²) in [4.78, 5) is 11.2. The summed E-state index contributed by atoms with van der Waals surface area (Å²) < 4.78 is 42.2. The van der Waals surface area contributed by atoms with Crippen LogP contribution in [0.4, 0.5) is 18.9 Å². The molecule has 0 amide bonds. The number of nitrogens with two attached hydrogens (primary N) is 1. The van der Waals surface area contributed by atoms with Gasteiger partial charge in [-0.25, -0.2) is 4.79 Å². The Kier molecular flexibility index (Phi) is 5.68. The largest absolute Gasteiger partial charge is 0.460 e. The van der Waals surface area contributed by atoms with E-state index in [1.165, 1.54) is 0 Å².